The summed E-state index contributed by atoms with van der Waals surface area (Å²) in [7, 11) is -0.518. The number of carbonyl (C=O) groups is 1. The molecule has 0 unspecified atom stereocenters. The Bertz CT molecular complexity index is 699. The van der Waals surface area contributed by atoms with Gasteiger partial charge in [0.1, 0.15) is 0 Å². The fourth-order valence-corrected chi connectivity index (χ4v) is 3.52. The predicted octanol–water partition coefficient (Wildman–Crippen LogP) is -0.0317. The summed E-state index contributed by atoms with van der Waals surface area (Å²) < 4.78 is 12.0. The van der Waals surface area contributed by atoms with Gasteiger partial charge in [-0.3, -0.25) is 4.79 Å². The number of rotatable bonds is 6. The lowest BCUT2D eigenvalue weighted by molar-refractivity contribution is -0.132. The molecule has 9 nitrogen and oxygen atoms in total. The number of anilines is 1. The molecular weight excluding hydrogens is 375 g/mol. The fourth-order valence-electron chi connectivity index (χ4n) is 3.52. The van der Waals surface area contributed by atoms with Crippen LogP contribution in [0.5, 0.6) is 0 Å². The van der Waals surface area contributed by atoms with Crippen LogP contribution in [0.15, 0.2) is 12.4 Å². The summed E-state index contributed by atoms with van der Waals surface area (Å²) in [5, 5.41) is 24.5. The number of nitrogens with one attached hydrogen (secondary N) is 2. The lowest BCUT2D eigenvalue weighted by atomic mass is 9.81. The Morgan fingerprint density at radius 1 is 1.17 bits per heavy atom. The molecule has 0 bridgehead atoms. The maximum Gasteiger partial charge on any atom is 0.498 e. The predicted molar refractivity (Wildman–Crippen MR) is 109 cm³/mol. The third-order valence-corrected chi connectivity index (χ3v) is 6.08. The van der Waals surface area contributed by atoms with E-state index in [2.05, 4.69) is 20.6 Å². The van der Waals surface area contributed by atoms with Crippen molar-refractivity contribution in [2.45, 2.75) is 82.8 Å². The minimum atomic E-state index is -1.41. The third-order valence-electron chi connectivity index (χ3n) is 6.08. The van der Waals surface area contributed by atoms with Crippen LogP contribution in [-0.2, 0) is 14.1 Å². The number of aromatic nitrogens is 2. The van der Waals surface area contributed by atoms with Crippen LogP contribution in [0.25, 0.3) is 0 Å². The number of carbonyl (C=O) groups excluding carboxylic acids is 1. The molecule has 160 valence electrons. The van der Waals surface area contributed by atoms with Crippen molar-refractivity contribution >= 4 is 24.4 Å². The van der Waals surface area contributed by atoms with Gasteiger partial charge in [0.05, 0.1) is 17.8 Å². The molecule has 0 radical (unpaired) electrons. The highest BCUT2D eigenvalue weighted by Gasteiger charge is 2.52. The quantitative estimate of drug-likeness (QED) is 0.486. The number of nitrogens with zero attached hydrogens (tertiary/aromatic N) is 2. The van der Waals surface area contributed by atoms with E-state index in [4.69, 9.17) is 14.4 Å². The molecule has 0 spiro atoms. The molecule has 3 atom stereocenters. The first-order chi connectivity index (χ1) is 13.6. The van der Waals surface area contributed by atoms with E-state index in [0.717, 1.165) is 31.1 Å². The van der Waals surface area contributed by atoms with Crippen molar-refractivity contribution in [1.82, 2.24) is 15.3 Å². The second-order valence-corrected chi connectivity index (χ2v) is 8.78. The number of aliphatic hydroxyl groups excluding tert-OH is 2. The van der Waals surface area contributed by atoms with Gasteiger partial charge in [-0.25, -0.2) is 9.97 Å². The monoisotopic (exact) mass is 406 g/mol. The molecule has 2 heterocycles. The maximum atomic E-state index is 11.9. The molecule has 29 heavy (non-hydrogen) atoms. The minimum Gasteiger partial charge on any atom is -0.399 e. The van der Waals surface area contributed by atoms with Crippen LogP contribution in [0, 0.1) is 0 Å². The van der Waals surface area contributed by atoms with E-state index in [1.165, 1.54) is 0 Å². The van der Waals surface area contributed by atoms with Gasteiger partial charge in [0.2, 0.25) is 5.95 Å². The summed E-state index contributed by atoms with van der Waals surface area (Å²) in [5.74, 6) is -0.109. The second kappa shape index (κ2) is 8.55. The Kier molecular flexibility index (Phi) is 6.47. The molecule has 1 aliphatic carbocycles. The summed E-state index contributed by atoms with van der Waals surface area (Å²) >= 11 is 0. The third kappa shape index (κ3) is 4.88. The normalized spacial score (nSPS) is 26.8. The standard InChI is InChI=1S/C19H31BN4O5/c1-18(2)19(3,4)29-20(28-18)12-9-21-17(22-10-12)24-14-8-6-5-7-13(14)23-16(27)15(26)11-25/h9-10,13-15,25-26H,5-8,11H2,1-4H3,(H,23,27)(H,21,22,24)/t13-,14+,15-/m0/s1. The van der Waals surface area contributed by atoms with Crippen LogP contribution in [0.2, 0.25) is 0 Å². The molecule has 1 amide bonds. The van der Waals surface area contributed by atoms with E-state index >= 15 is 0 Å². The summed E-state index contributed by atoms with van der Waals surface area (Å²) in [6.07, 6.45) is 5.61. The highest BCUT2D eigenvalue weighted by molar-refractivity contribution is 6.61. The Balaban J connectivity index is 1.63. The number of aliphatic hydroxyl groups is 2. The first kappa shape index (κ1) is 22.0. The van der Waals surface area contributed by atoms with Gasteiger partial charge in [0.25, 0.3) is 5.91 Å². The molecule has 4 N–H and O–H groups in total. The van der Waals surface area contributed by atoms with E-state index in [1.54, 1.807) is 12.4 Å². The van der Waals surface area contributed by atoms with Crippen molar-refractivity contribution in [3.8, 4) is 0 Å². The zero-order valence-corrected chi connectivity index (χ0v) is 17.5. The number of hydrogen-bond donors (Lipinski definition) is 4. The molecule has 1 saturated heterocycles. The SMILES string of the molecule is CC1(C)OB(c2cnc(N[C@@H]3CCCC[C@@H]3NC(=O)[C@@H](O)CO)nc2)OC1(C)C. The van der Waals surface area contributed by atoms with Crippen molar-refractivity contribution < 1.29 is 24.3 Å². The highest BCUT2D eigenvalue weighted by atomic mass is 16.7. The Hall–Kier alpha value is -1.75. The summed E-state index contributed by atoms with van der Waals surface area (Å²) in [6.45, 7) is 7.38. The largest absolute Gasteiger partial charge is 0.498 e. The lowest BCUT2D eigenvalue weighted by Crippen LogP contribution is -2.52. The van der Waals surface area contributed by atoms with E-state index < -0.39 is 36.9 Å². The average Bonchev–Trinajstić information content (AvgIpc) is 2.90. The first-order valence-corrected chi connectivity index (χ1v) is 10.2. The Morgan fingerprint density at radius 3 is 2.28 bits per heavy atom. The lowest BCUT2D eigenvalue weighted by Gasteiger charge is -2.33. The van der Waals surface area contributed by atoms with Crippen molar-refractivity contribution in [1.29, 1.82) is 0 Å². The maximum absolute atomic E-state index is 11.9. The van der Waals surface area contributed by atoms with Crippen LogP contribution in [0.4, 0.5) is 5.95 Å². The average molecular weight is 406 g/mol. The van der Waals surface area contributed by atoms with Gasteiger partial charge in [0, 0.05) is 29.9 Å². The minimum absolute atomic E-state index is 0.0544. The Labute approximate surface area is 171 Å². The molecule has 1 aromatic heterocycles. The zero-order valence-electron chi connectivity index (χ0n) is 17.5. The van der Waals surface area contributed by atoms with Gasteiger partial charge in [0.15, 0.2) is 6.10 Å². The smallest absolute Gasteiger partial charge is 0.399 e. The number of amides is 1. The molecule has 1 aromatic rings. The molecular formula is C19H31BN4O5. The highest BCUT2D eigenvalue weighted by Crippen LogP contribution is 2.36. The van der Waals surface area contributed by atoms with Gasteiger partial charge in [-0.1, -0.05) is 12.8 Å². The molecule has 2 aliphatic rings. The van der Waals surface area contributed by atoms with Crippen molar-refractivity contribution in [3.05, 3.63) is 12.4 Å². The van der Waals surface area contributed by atoms with Crippen molar-refractivity contribution in [2.75, 3.05) is 11.9 Å². The molecule has 1 aliphatic heterocycles. The van der Waals surface area contributed by atoms with Crippen LogP contribution >= 0.6 is 0 Å². The first-order valence-electron chi connectivity index (χ1n) is 10.2. The van der Waals surface area contributed by atoms with E-state index in [1.807, 2.05) is 27.7 Å². The molecule has 0 aromatic carbocycles. The van der Waals surface area contributed by atoms with Gasteiger partial charge >= 0.3 is 7.12 Å². The van der Waals surface area contributed by atoms with Gasteiger partial charge < -0.3 is 30.2 Å². The van der Waals surface area contributed by atoms with Gasteiger partial charge in [-0.15, -0.1) is 0 Å². The van der Waals surface area contributed by atoms with Crippen molar-refractivity contribution in [3.63, 3.8) is 0 Å². The summed E-state index contributed by atoms with van der Waals surface area (Å²) in [6, 6.07) is -0.217. The number of hydrogen-bond acceptors (Lipinski definition) is 8. The van der Waals surface area contributed by atoms with Gasteiger partial charge in [-0.2, -0.15) is 0 Å². The van der Waals surface area contributed by atoms with Crippen LogP contribution in [-0.4, -0.2) is 69.2 Å². The van der Waals surface area contributed by atoms with Gasteiger partial charge in [-0.05, 0) is 40.5 Å². The molecule has 10 heteroatoms. The second-order valence-electron chi connectivity index (χ2n) is 8.78. The zero-order chi connectivity index (χ0) is 21.2. The van der Waals surface area contributed by atoms with Crippen LogP contribution in [0.3, 0.4) is 0 Å². The Morgan fingerprint density at radius 2 is 1.72 bits per heavy atom. The van der Waals surface area contributed by atoms with E-state index in [-0.39, 0.29) is 12.1 Å². The van der Waals surface area contributed by atoms with Crippen LogP contribution < -0.4 is 16.1 Å². The summed E-state index contributed by atoms with van der Waals surface area (Å²) in [5.41, 5.74) is -0.114. The van der Waals surface area contributed by atoms with Crippen molar-refractivity contribution in [2.24, 2.45) is 0 Å². The van der Waals surface area contributed by atoms with Crippen LogP contribution in [0.1, 0.15) is 53.4 Å². The fraction of sp³-hybridized carbons (Fsp3) is 0.737. The topological polar surface area (TPSA) is 126 Å². The van der Waals surface area contributed by atoms with E-state index in [9.17, 15) is 9.90 Å². The molecule has 3 rings (SSSR count). The van der Waals surface area contributed by atoms with E-state index in [0.29, 0.717) is 5.95 Å². The summed E-state index contributed by atoms with van der Waals surface area (Å²) in [4.78, 5) is 20.7. The molecule has 1 saturated carbocycles. The molecule has 2 fully saturated rings.